The Morgan fingerprint density at radius 1 is 0.969 bits per heavy atom. The van der Waals surface area contributed by atoms with E-state index in [1.165, 1.54) is 6.26 Å². The van der Waals surface area contributed by atoms with Gasteiger partial charge < -0.3 is 24.0 Å². The molecule has 2 aliphatic heterocycles. The Morgan fingerprint density at radius 2 is 1.66 bits per heavy atom. The molecule has 0 aromatic carbocycles. The summed E-state index contributed by atoms with van der Waals surface area (Å²) < 4.78 is 10.6. The van der Waals surface area contributed by atoms with E-state index in [-0.39, 0.29) is 29.8 Å². The lowest BCUT2D eigenvalue weighted by Crippen LogP contribution is -2.56. The van der Waals surface area contributed by atoms with Crippen molar-refractivity contribution in [2.75, 3.05) is 39.3 Å². The van der Waals surface area contributed by atoms with Crippen molar-refractivity contribution in [3.8, 4) is 0 Å². The third kappa shape index (κ3) is 4.88. The Hall–Kier alpha value is -3.07. The van der Waals surface area contributed by atoms with E-state index in [4.69, 9.17) is 8.83 Å². The molecule has 0 spiro atoms. The standard InChI is InChI=1S/C23H30N4O5/c1-16-5-6-19(32-16)21(28)24-18-7-9-25(10-8-18)17(2)22(29)26-11-13-27(14-12-26)23(30)20-4-3-15-31-20/h3-6,15,17-18H,7-14H2,1-2H3,(H,24,28). The van der Waals surface area contributed by atoms with E-state index in [1.807, 2.05) is 18.7 Å². The summed E-state index contributed by atoms with van der Waals surface area (Å²) in [7, 11) is 0. The van der Waals surface area contributed by atoms with Gasteiger partial charge in [0, 0.05) is 45.3 Å². The van der Waals surface area contributed by atoms with Crippen molar-refractivity contribution < 1.29 is 23.2 Å². The minimum atomic E-state index is -0.230. The first-order chi connectivity index (χ1) is 15.4. The second-order valence-electron chi connectivity index (χ2n) is 8.46. The van der Waals surface area contributed by atoms with Crippen LogP contribution in [0.1, 0.15) is 46.6 Å². The predicted octanol–water partition coefficient (Wildman–Crippen LogP) is 1.75. The van der Waals surface area contributed by atoms with E-state index in [0.29, 0.717) is 43.5 Å². The highest BCUT2D eigenvalue weighted by atomic mass is 16.4. The quantitative estimate of drug-likeness (QED) is 0.758. The van der Waals surface area contributed by atoms with Crippen LogP contribution in [0.5, 0.6) is 0 Å². The van der Waals surface area contributed by atoms with Crippen LogP contribution in [-0.4, -0.2) is 83.8 Å². The topological polar surface area (TPSA) is 99.2 Å². The first kappa shape index (κ1) is 22.1. The van der Waals surface area contributed by atoms with Gasteiger partial charge in [-0.1, -0.05) is 0 Å². The average molecular weight is 443 g/mol. The minimum absolute atomic E-state index is 0.0719. The van der Waals surface area contributed by atoms with Crippen molar-refractivity contribution in [2.45, 2.75) is 38.8 Å². The zero-order valence-electron chi connectivity index (χ0n) is 18.6. The lowest BCUT2D eigenvalue weighted by Gasteiger charge is -2.40. The average Bonchev–Trinajstić information content (AvgIpc) is 3.50. The van der Waals surface area contributed by atoms with Crippen LogP contribution < -0.4 is 5.32 Å². The number of furan rings is 2. The molecule has 2 aliphatic rings. The maximum Gasteiger partial charge on any atom is 0.289 e. The summed E-state index contributed by atoms with van der Waals surface area (Å²) in [6, 6.07) is 6.65. The monoisotopic (exact) mass is 442 g/mol. The number of aryl methyl sites for hydroxylation is 1. The zero-order chi connectivity index (χ0) is 22.7. The molecule has 0 aliphatic carbocycles. The van der Waals surface area contributed by atoms with Gasteiger partial charge in [-0.3, -0.25) is 19.3 Å². The number of nitrogens with one attached hydrogen (secondary N) is 1. The molecule has 9 heteroatoms. The van der Waals surface area contributed by atoms with Gasteiger partial charge in [0.25, 0.3) is 11.8 Å². The molecule has 0 saturated carbocycles. The second kappa shape index (κ2) is 9.60. The molecule has 2 fully saturated rings. The normalized spacial score (nSPS) is 19.1. The number of carbonyl (C=O) groups is 3. The molecule has 3 amide bonds. The number of piperidine rings is 1. The molecular weight excluding hydrogens is 412 g/mol. The molecule has 9 nitrogen and oxygen atoms in total. The van der Waals surface area contributed by atoms with Crippen LogP contribution in [0.4, 0.5) is 0 Å². The van der Waals surface area contributed by atoms with Gasteiger partial charge in [0.2, 0.25) is 5.91 Å². The molecule has 2 aromatic rings. The summed E-state index contributed by atoms with van der Waals surface area (Å²) in [5, 5.41) is 3.03. The smallest absolute Gasteiger partial charge is 0.289 e. The number of rotatable bonds is 5. The highest BCUT2D eigenvalue weighted by molar-refractivity contribution is 5.92. The highest BCUT2D eigenvalue weighted by Gasteiger charge is 2.32. The van der Waals surface area contributed by atoms with E-state index < -0.39 is 0 Å². The summed E-state index contributed by atoms with van der Waals surface area (Å²) in [5.74, 6) is 1.13. The molecule has 4 rings (SSSR count). The maximum atomic E-state index is 13.0. The fourth-order valence-corrected chi connectivity index (χ4v) is 4.35. The minimum Gasteiger partial charge on any atom is -0.459 e. The summed E-state index contributed by atoms with van der Waals surface area (Å²) in [4.78, 5) is 43.5. The Bertz CT molecular complexity index is 938. The van der Waals surface area contributed by atoms with Gasteiger partial charge in [-0.2, -0.15) is 0 Å². The van der Waals surface area contributed by atoms with Gasteiger partial charge in [0.05, 0.1) is 12.3 Å². The van der Waals surface area contributed by atoms with E-state index in [0.717, 1.165) is 25.9 Å². The van der Waals surface area contributed by atoms with Crippen molar-refractivity contribution in [3.05, 3.63) is 47.8 Å². The maximum absolute atomic E-state index is 13.0. The van der Waals surface area contributed by atoms with E-state index in [2.05, 4.69) is 10.2 Å². The van der Waals surface area contributed by atoms with Crippen molar-refractivity contribution >= 4 is 17.7 Å². The number of hydrogen-bond acceptors (Lipinski definition) is 6. The van der Waals surface area contributed by atoms with Crippen molar-refractivity contribution in [3.63, 3.8) is 0 Å². The summed E-state index contributed by atoms with van der Waals surface area (Å²) in [5.41, 5.74) is 0. The van der Waals surface area contributed by atoms with Gasteiger partial charge in [0.1, 0.15) is 5.76 Å². The summed E-state index contributed by atoms with van der Waals surface area (Å²) >= 11 is 0. The SMILES string of the molecule is Cc1ccc(C(=O)NC2CCN(C(C)C(=O)N3CCN(C(=O)c4ccco4)CC3)CC2)o1. The van der Waals surface area contributed by atoms with Crippen LogP contribution in [0.15, 0.2) is 39.4 Å². The number of amides is 3. The molecule has 172 valence electrons. The summed E-state index contributed by atoms with van der Waals surface area (Å²) in [6.45, 7) is 7.27. The molecule has 2 aromatic heterocycles. The fourth-order valence-electron chi connectivity index (χ4n) is 4.35. The molecule has 1 unspecified atom stereocenters. The van der Waals surface area contributed by atoms with Gasteiger partial charge >= 0.3 is 0 Å². The third-order valence-corrected chi connectivity index (χ3v) is 6.34. The van der Waals surface area contributed by atoms with Crippen LogP contribution in [0.25, 0.3) is 0 Å². The fraction of sp³-hybridized carbons (Fsp3) is 0.522. The Morgan fingerprint density at radius 3 is 2.25 bits per heavy atom. The Kier molecular flexibility index (Phi) is 6.64. The Balaban J connectivity index is 1.22. The lowest BCUT2D eigenvalue weighted by molar-refractivity contribution is -0.138. The number of carbonyl (C=O) groups excluding carboxylic acids is 3. The molecular formula is C23H30N4O5. The van der Waals surface area contributed by atoms with Gasteiger partial charge in [0.15, 0.2) is 11.5 Å². The second-order valence-corrected chi connectivity index (χ2v) is 8.46. The van der Waals surface area contributed by atoms with Crippen LogP contribution in [0, 0.1) is 6.92 Å². The first-order valence-electron chi connectivity index (χ1n) is 11.2. The van der Waals surface area contributed by atoms with E-state index in [9.17, 15) is 14.4 Å². The van der Waals surface area contributed by atoms with E-state index in [1.54, 1.807) is 29.2 Å². The Labute approximate surface area is 187 Å². The largest absolute Gasteiger partial charge is 0.459 e. The van der Waals surface area contributed by atoms with Crippen LogP contribution in [0.3, 0.4) is 0 Å². The van der Waals surface area contributed by atoms with Gasteiger partial charge in [-0.05, 0) is 51.0 Å². The van der Waals surface area contributed by atoms with Gasteiger partial charge in [-0.15, -0.1) is 0 Å². The van der Waals surface area contributed by atoms with Crippen molar-refractivity contribution in [1.82, 2.24) is 20.0 Å². The number of hydrogen-bond donors (Lipinski definition) is 1. The molecule has 0 radical (unpaired) electrons. The van der Waals surface area contributed by atoms with Crippen molar-refractivity contribution in [1.29, 1.82) is 0 Å². The molecule has 1 atom stereocenters. The molecule has 4 heterocycles. The third-order valence-electron chi connectivity index (χ3n) is 6.34. The number of likely N-dealkylation sites (tertiary alicyclic amines) is 1. The van der Waals surface area contributed by atoms with Crippen molar-refractivity contribution in [2.24, 2.45) is 0 Å². The molecule has 1 N–H and O–H groups in total. The highest BCUT2D eigenvalue weighted by Crippen LogP contribution is 2.17. The van der Waals surface area contributed by atoms with Crippen LogP contribution in [0.2, 0.25) is 0 Å². The van der Waals surface area contributed by atoms with Gasteiger partial charge in [-0.25, -0.2) is 0 Å². The number of piperazine rings is 1. The zero-order valence-corrected chi connectivity index (χ0v) is 18.6. The lowest BCUT2D eigenvalue weighted by atomic mass is 10.0. The van der Waals surface area contributed by atoms with E-state index >= 15 is 0 Å². The number of nitrogens with zero attached hydrogens (tertiary/aromatic N) is 3. The predicted molar refractivity (Wildman–Crippen MR) is 116 cm³/mol. The first-order valence-corrected chi connectivity index (χ1v) is 11.2. The summed E-state index contributed by atoms with van der Waals surface area (Å²) in [6.07, 6.45) is 3.06. The molecule has 0 bridgehead atoms. The molecule has 2 saturated heterocycles. The molecule has 32 heavy (non-hydrogen) atoms. The van der Waals surface area contributed by atoms with Crippen LogP contribution >= 0.6 is 0 Å². The van der Waals surface area contributed by atoms with Crippen LogP contribution in [-0.2, 0) is 4.79 Å².